The number of hydrogen-bond acceptors (Lipinski definition) is 22. The van der Waals surface area contributed by atoms with Crippen molar-refractivity contribution in [2.75, 3.05) is 18.9 Å². The molecule has 24 nitrogen and oxygen atoms in total. The molecule has 0 saturated carbocycles. The van der Waals surface area contributed by atoms with Crippen molar-refractivity contribution in [3.8, 4) is 0 Å². The third kappa shape index (κ3) is 11.6. The number of aliphatic hydroxyl groups is 2. The smallest absolute Gasteiger partial charge is 0.462 e. The van der Waals surface area contributed by atoms with E-state index in [1.165, 1.54) is 6.26 Å². The zero-order chi connectivity index (χ0) is 41.7. The summed E-state index contributed by atoms with van der Waals surface area (Å²) in [4.78, 5) is 92.4. The first-order valence-electron chi connectivity index (χ1n) is 16.1. The van der Waals surface area contributed by atoms with Crippen molar-refractivity contribution in [3.05, 3.63) is 18.2 Å². The summed E-state index contributed by atoms with van der Waals surface area (Å²) in [7, 11) is -5.71. The molecule has 2 fully saturated rings. The van der Waals surface area contributed by atoms with Crippen LogP contribution in [0.4, 0.5) is 5.82 Å². The number of hydrogen-bond donors (Lipinski definition) is 5. The fourth-order valence-corrected chi connectivity index (χ4v) is 8.71. The van der Waals surface area contributed by atoms with Crippen LogP contribution in [0.3, 0.4) is 0 Å². The van der Waals surface area contributed by atoms with E-state index < -0.39 is 119 Å². The Balaban J connectivity index is 1.56. The van der Waals surface area contributed by atoms with Crippen LogP contribution in [-0.2, 0) is 82.1 Å². The lowest BCUT2D eigenvalue weighted by Crippen LogP contribution is -2.64. The Morgan fingerprint density at radius 3 is 2.25 bits per heavy atom. The maximum Gasteiger partial charge on any atom is 0.481 e. The molecule has 2 aromatic heterocycles. The minimum atomic E-state index is -5.71. The molecule has 2 aliphatic heterocycles. The quantitative estimate of drug-likeness (QED) is 0.0661. The SMILES string of the molecule is CC(=O)N=CC1[C@@H](O)[C@H](c2coc3c(N)ncnc23)O[C@@H]1COP(O)(=S)OP(=O)(O)OC1OC([C@H](COC(C)=O)OC(C)=O)C(OC(C)=O)C(O)C1OC(C)=O. The Kier molecular flexibility index (Phi) is 14.9. The molecule has 0 aliphatic carbocycles. The van der Waals surface area contributed by atoms with Crippen molar-refractivity contribution in [2.45, 2.75) is 89.7 Å². The molecule has 0 radical (unpaired) electrons. The predicted octanol–water partition coefficient (Wildman–Crippen LogP) is -0.350. The Bertz CT molecular complexity index is 1930. The van der Waals surface area contributed by atoms with E-state index in [1.807, 2.05) is 0 Å². The molecule has 0 bridgehead atoms. The second-order valence-electron chi connectivity index (χ2n) is 12.1. The standard InChI is InChI=1S/C29H38N4O20P2S/c1-11(34)31-6-16-18(50-23(21(16)39)17-7-45-25-20(17)32-10-33-28(25)30)9-46-55(43,56)53-54(41,42)52-29-27(49-15(5)38)22(40)26(48-14(4)37)24(51-29)19(47-13(3)36)8-44-12(2)35/h6-7,10,16,18-19,21-24,26-27,29,39-40H,8-9H2,1-5H3,(H,41,42)(H,43,56)(H2,30,32,33)/t16?,18-,19+,21-,22?,23+,24?,26?,27?,29?,55?/m1/s1. The van der Waals surface area contributed by atoms with Gasteiger partial charge in [-0.3, -0.25) is 28.5 Å². The molecule has 8 unspecified atom stereocenters. The number of nitrogen functional groups attached to an aromatic ring is 1. The number of carbonyl (C=O) groups excluding carboxylic acids is 5. The Morgan fingerprint density at radius 2 is 1.64 bits per heavy atom. The molecule has 6 N–H and O–H groups in total. The van der Waals surface area contributed by atoms with Gasteiger partial charge in [0.05, 0.1) is 31.0 Å². The average Bonchev–Trinajstić information content (AvgIpc) is 3.63. The van der Waals surface area contributed by atoms with E-state index in [0.717, 1.165) is 47.2 Å². The van der Waals surface area contributed by atoms with E-state index in [0.29, 0.717) is 0 Å². The van der Waals surface area contributed by atoms with Gasteiger partial charge in [0.15, 0.2) is 29.7 Å². The van der Waals surface area contributed by atoms with Crippen molar-refractivity contribution in [1.29, 1.82) is 0 Å². The molecular formula is C29H38N4O20P2S. The number of fused-ring (bicyclic) bond motifs is 1. The molecular weight excluding hydrogens is 818 g/mol. The second kappa shape index (κ2) is 18.6. The van der Waals surface area contributed by atoms with Crippen LogP contribution in [0, 0.1) is 5.92 Å². The van der Waals surface area contributed by atoms with Gasteiger partial charge in [0.25, 0.3) is 0 Å². The van der Waals surface area contributed by atoms with Gasteiger partial charge in [-0.1, -0.05) is 0 Å². The van der Waals surface area contributed by atoms with E-state index in [4.69, 9.17) is 63.7 Å². The summed E-state index contributed by atoms with van der Waals surface area (Å²) in [6, 6.07) is 0. The van der Waals surface area contributed by atoms with Crippen molar-refractivity contribution < 1.29 is 94.7 Å². The minimum Gasteiger partial charge on any atom is -0.462 e. The first kappa shape index (κ1) is 44.9. The highest BCUT2D eigenvalue weighted by Crippen LogP contribution is 2.62. The van der Waals surface area contributed by atoms with Gasteiger partial charge in [-0.15, -0.1) is 0 Å². The van der Waals surface area contributed by atoms with Gasteiger partial charge in [-0.25, -0.2) is 23.8 Å². The summed E-state index contributed by atoms with van der Waals surface area (Å²) in [5.74, 6) is -5.69. The van der Waals surface area contributed by atoms with E-state index in [9.17, 15) is 48.5 Å². The number of phosphoric acid groups is 1. The zero-order valence-corrected chi connectivity index (χ0v) is 32.6. The Hall–Kier alpha value is -3.84. The molecule has 4 heterocycles. The van der Waals surface area contributed by atoms with Gasteiger partial charge >= 0.3 is 38.4 Å². The number of aliphatic hydroxyl groups excluding tert-OH is 2. The molecule has 2 aliphatic rings. The molecule has 310 valence electrons. The number of anilines is 1. The minimum absolute atomic E-state index is 0.00432. The highest BCUT2D eigenvalue weighted by atomic mass is 32.5. The fourth-order valence-electron chi connectivity index (χ4n) is 5.62. The molecule has 0 aromatic carbocycles. The number of esters is 4. The van der Waals surface area contributed by atoms with Crippen molar-refractivity contribution >= 4 is 79.3 Å². The van der Waals surface area contributed by atoms with Crippen LogP contribution >= 0.6 is 14.5 Å². The van der Waals surface area contributed by atoms with E-state index in [2.05, 4.69) is 15.0 Å². The molecule has 27 heteroatoms. The summed E-state index contributed by atoms with van der Waals surface area (Å²) in [6.07, 6.45) is -12.3. The van der Waals surface area contributed by atoms with Crippen LogP contribution in [0.1, 0.15) is 46.3 Å². The number of phosphoric ester groups is 1. The van der Waals surface area contributed by atoms with E-state index in [1.54, 1.807) is 0 Å². The number of nitrogens with zero attached hydrogens (tertiary/aromatic N) is 3. The lowest BCUT2D eigenvalue weighted by atomic mass is 9.95. The monoisotopic (exact) mass is 856 g/mol. The van der Waals surface area contributed by atoms with Crippen molar-refractivity contribution in [2.24, 2.45) is 10.9 Å². The van der Waals surface area contributed by atoms with Crippen LogP contribution in [-0.4, -0.2) is 128 Å². The summed E-state index contributed by atoms with van der Waals surface area (Å²) in [5.41, 5.74) is 6.33. The van der Waals surface area contributed by atoms with Gasteiger partial charge in [0, 0.05) is 46.4 Å². The average molecular weight is 857 g/mol. The topological polar surface area (TPSA) is 344 Å². The van der Waals surface area contributed by atoms with Crippen molar-refractivity contribution in [3.63, 3.8) is 0 Å². The number of nitrogens with two attached hydrogens (primary N) is 1. The van der Waals surface area contributed by atoms with Gasteiger partial charge in [-0.05, 0) is 11.8 Å². The number of ether oxygens (including phenoxy) is 6. The third-order valence-electron chi connectivity index (χ3n) is 7.74. The zero-order valence-electron chi connectivity index (χ0n) is 30.0. The van der Waals surface area contributed by atoms with Crippen LogP contribution in [0.15, 0.2) is 22.0 Å². The summed E-state index contributed by atoms with van der Waals surface area (Å²) in [6.45, 7) is -1.44. The predicted molar refractivity (Wildman–Crippen MR) is 185 cm³/mol. The number of carbonyl (C=O) groups is 5. The number of amides is 1. The molecule has 12 atom stereocenters. The van der Waals surface area contributed by atoms with E-state index >= 15 is 0 Å². The molecule has 1 amide bonds. The number of aromatic nitrogens is 2. The van der Waals surface area contributed by atoms with Gasteiger partial charge in [-0.2, -0.15) is 0 Å². The molecule has 56 heavy (non-hydrogen) atoms. The Labute approximate surface area is 321 Å². The maximum absolute atomic E-state index is 13.3. The molecule has 4 rings (SSSR count). The maximum atomic E-state index is 13.3. The number of furan rings is 1. The fraction of sp³-hybridized carbons (Fsp3) is 0.586. The van der Waals surface area contributed by atoms with Crippen LogP contribution in [0.2, 0.25) is 0 Å². The van der Waals surface area contributed by atoms with Crippen molar-refractivity contribution in [1.82, 2.24) is 9.97 Å². The number of rotatable bonds is 15. The highest BCUT2D eigenvalue weighted by Gasteiger charge is 2.55. The largest absolute Gasteiger partial charge is 0.481 e. The number of aliphatic imine (C=N–C) groups is 1. The lowest BCUT2D eigenvalue weighted by Gasteiger charge is -2.44. The van der Waals surface area contributed by atoms with Gasteiger partial charge < -0.3 is 63.1 Å². The highest BCUT2D eigenvalue weighted by molar-refractivity contribution is 8.08. The lowest BCUT2D eigenvalue weighted by molar-refractivity contribution is -0.299. The summed E-state index contributed by atoms with van der Waals surface area (Å²) in [5, 5.41) is 22.4. The van der Waals surface area contributed by atoms with Crippen LogP contribution < -0.4 is 5.73 Å². The van der Waals surface area contributed by atoms with Gasteiger partial charge in [0.1, 0.15) is 36.8 Å². The Morgan fingerprint density at radius 1 is 0.982 bits per heavy atom. The third-order valence-corrected chi connectivity index (χ3v) is 11.3. The second-order valence-corrected chi connectivity index (χ2v) is 16.4. The summed E-state index contributed by atoms with van der Waals surface area (Å²) < 4.78 is 65.7. The normalized spacial score (nSPS) is 29.2. The summed E-state index contributed by atoms with van der Waals surface area (Å²) >= 11 is 4.93. The van der Waals surface area contributed by atoms with Gasteiger partial charge in [0.2, 0.25) is 12.2 Å². The van der Waals surface area contributed by atoms with Crippen LogP contribution in [0.5, 0.6) is 0 Å². The molecule has 2 aromatic rings. The first-order valence-corrected chi connectivity index (χ1v) is 20.2. The molecule has 0 spiro atoms. The molecule has 2 saturated heterocycles. The first-order chi connectivity index (χ1) is 26.1. The van der Waals surface area contributed by atoms with E-state index in [-0.39, 0.29) is 22.5 Å². The van der Waals surface area contributed by atoms with Crippen LogP contribution in [0.25, 0.3) is 11.1 Å².